The highest BCUT2D eigenvalue weighted by atomic mass is 32.2. The number of thioether (sulfide) groups is 1. The maximum atomic E-state index is 5.63. The van der Waals surface area contributed by atoms with E-state index in [0.29, 0.717) is 28.6 Å². The minimum absolute atomic E-state index is 0.478. The molecule has 0 atom stereocenters. The molecule has 25 heavy (non-hydrogen) atoms. The van der Waals surface area contributed by atoms with Gasteiger partial charge in [0.2, 0.25) is 11.7 Å². The standard InChI is InChI=1S/C17H14N4O2S2/c1-2-11-5-7-12(8-6-11)15-18-14(23-21-15)10-25-17-20-19-16(22-17)13-4-3-9-24-13/h3-9H,2,10H2,1H3. The topological polar surface area (TPSA) is 77.8 Å². The molecule has 3 heterocycles. The van der Waals surface area contributed by atoms with Crippen molar-refractivity contribution < 1.29 is 8.94 Å². The fraction of sp³-hybridized carbons (Fsp3) is 0.176. The highest BCUT2D eigenvalue weighted by Gasteiger charge is 2.13. The summed E-state index contributed by atoms with van der Waals surface area (Å²) in [5.74, 6) is 2.12. The van der Waals surface area contributed by atoms with Gasteiger partial charge >= 0.3 is 0 Å². The zero-order chi connectivity index (χ0) is 17.1. The van der Waals surface area contributed by atoms with Crippen molar-refractivity contribution in [3.63, 3.8) is 0 Å². The molecule has 0 aliphatic heterocycles. The van der Waals surface area contributed by atoms with Crippen LogP contribution in [0, 0.1) is 0 Å². The lowest BCUT2D eigenvalue weighted by Gasteiger charge is -1.97. The van der Waals surface area contributed by atoms with Gasteiger partial charge in [0.25, 0.3) is 11.1 Å². The molecule has 4 rings (SSSR count). The van der Waals surface area contributed by atoms with Gasteiger partial charge in [-0.1, -0.05) is 54.2 Å². The summed E-state index contributed by atoms with van der Waals surface area (Å²) in [6, 6.07) is 12.1. The van der Waals surface area contributed by atoms with E-state index >= 15 is 0 Å². The Labute approximate surface area is 152 Å². The second kappa shape index (κ2) is 7.20. The quantitative estimate of drug-likeness (QED) is 0.455. The van der Waals surface area contributed by atoms with E-state index in [2.05, 4.69) is 39.4 Å². The highest BCUT2D eigenvalue weighted by molar-refractivity contribution is 7.98. The maximum Gasteiger partial charge on any atom is 0.277 e. The van der Waals surface area contributed by atoms with Crippen molar-refractivity contribution in [2.45, 2.75) is 24.3 Å². The Hall–Kier alpha value is -2.45. The summed E-state index contributed by atoms with van der Waals surface area (Å²) in [5.41, 5.74) is 2.22. The molecular formula is C17H14N4O2S2. The molecule has 0 unspecified atom stereocenters. The third-order valence-corrected chi connectivity index (χ3v) is 5.21. The van der Waals surface area contributed by atoms with E-state index in [1.54, 1.807) is 11.3 Å². The second-order valence-corrected chi connectivity index (χ2v) is 7.08. The Morgan fingerprint density at radius 2 is 2.00 bits per heavy atom. The van der Waals surface area contributed by atoms with E-state index < -0.39 is 0 Å². The van der Waals surface area contributed by atoms with Crippen molar-refractivity contribution in [3.8, 4) is 22.2 Å². The Bertz CT molecular complexity index is 945. The molecule has 126 valence electrons. The zero-order valence-electron chi connectivity index (χ0n) is 13.4. The summed E-state index contributed by atoms with van der Waals surface area (Å²) in [4.78, 5) is 5.38. The summed E-state index contributed by atoms with van der Waals surface area (Å²) in [5, 5.41) is 14.6. The average molecular weight is 370 g/mol. The first kappa shape index (κ1) is 16.0. The molecule has 0 aliphatic carbocycles. The van der Waals surface area contributed by atoms with Gasteiger partial charge in [0, 0.05) is 5.56 Å². The van der Waals surface area contributed by atoms with Crippen LogP contribution in [0.1, 0.15) is 18.4 Å². The van der Waals surface area contributed by atoms with Crippen LogP contribution in [0.15, 0.2) is 55.9 Å². The fourth-order valence-electron chi connectivity index (χ4n) is 2.21. The molecule has 0 saturated carbocycles. The minimum atomic E-state index is 0.478. The summed E-state index contributed by atoms with van der Waals surface area (Å²) in [6.07, 6.45) is 1.01. The van der Waals surface area contributed by atoms with Crippen LogP contribution in [-0.4, -0.2) is 20.3 Å². The molecule has 8 heteroatoms. The third kappa shape index (κ3) is 3.64. The van der Waals surface area contributed by atoms with Crippen LogP contribution >= 0.6 is 23.1 Å². The van der Waals surface area contributed by atoms with Crippen LogP contribution in [0.3, 0.4) is 0 Å². The fourth-order valence-corrected chi connectivity index (χ4v) is 3.46. The lowest BCUT2D eigenvalue weighted by atomic mass is 10.1. The van der Waals surface area contributed by atoms with Gasteiger partial charge in [-0.3, -0.25) is 0 Å². The summed E-state index contributed by atoms with van der Waals surface area (Å²) in [6.45, 7) is 2.13. The molecule has 6 nitrogen and oxygen atoms in total. The van der Waals surface area contributed by atoms with Gasteiger partial charge in [-0.2, -0.15) is 4.98 Å². The van der Waals surface area contributed by atoms with Gasteiger partial charge in [-0.05, 0) is 23.4 Å². The van der Waals surface area contributed by atoms with Crippen molar-refractivity contribution >= 4 is 23.1 Å². The first-order chi connectivity index (χ1) is 12.3. The van der Waals surface area contributed by atoms with Crippen LogP contribution in [0.25, 0.3) is 22.2 Å². The van der Waals surface area contributed by atoms with Crippen LogP contribution in [-0.2, 0) is 12.2 Å². The second-order valence-electron chi connectivity index (χ2n) is 5.20. The molecule has 3 aromatic heterocycles. The monoisotopic (exact) mass is 370 g/mol. The molecular weight excluding hydrogens is 356 g/mol. The molecule has 0 radical (unpaired) electrons. The molecule has 0 fully saturated rings. The number of aromatic nitrogens is 4. The van der Waals surface area contributed by atoms with Crippen molar-refractivity contribution in [2.75, 3.05) is 0 Å². The number of hydrogen-bond acceptors (Lipinski definition) is 8. The van der Waals surface area contributed by atoms with Gasteiger partial charge in [-0.25, -0.2) is 0 Å². The lowest BCUT2D eigenvalue weighted by molar-refractivity contribution is 0.391. The number of rotatable bonds is 6. The largest absolute Gasteiger partial charge is 0.410 e. The van der Waals surface area contributed by atoms with Gasteiger partial charge in [0.15, 0.2) is 0 Å². The molecule has 0 aliphatic rings. The van der Waals surface area contributed by atoms with Crippen molar-refractivity contribution in [1.29, 1.82) is 0 Å². The van der Waals surface area contributed by atoms with Gasteiger partial charge < -0.3 is 8.94 Å². The Morgan fingerprint density at radius 3 is 2.76 bits per heavy atom. The smallest absolute Gasteiger partial charge is 0.277 e. The van der Waals surface area contributed by atoms with E-state index in [4.69, 9.17) is 8.94 Å². The number of aryl methyl sites for hydroxylation is 1. The Kier molecular flexibility index (Phi) is 4.62. The van der Waals surface area contributed by atoms with Crippen LogP contribution < -0.4 is 0 Å². The average Bonchev–Trinajstić information content (AvgIpc) is 3.41. The number of nitrogens with zero attached hydrogens (tertiary/aromatic N) is 4. The minimum Gasteiger partial charge on any atom is -0.410 e. The summed E-state index contributed by atoms with van der Waals surface area (Å²) >= 11 is 2.94. The summed E-state index contributed by atoms with van der Waals surface area (Å²) in [7, 11) is 0. The van der Waals surface area contributed by atoms with Crippen LogP contribution in [0.4, 0.5) is 0 Å². The Morgan fingerprint density at radius 1 is 1.12 bits per heavy atom. The molecule has 1 aromatic carbocycles. The SMILES string of the molecule is CCc1ccc(-c2noc(CSc3nnc(-c4cccs4)o3)n2)cc1. The van der Waals surface area contributed by atoms with Gasteiger partial charge in [0.1, 0.15) is 0 Å². The third-order valence-electron chi connectivity index (χ3n) is 3.55. The molecule has 0 spiro atoms. The Balaban J connectivity index is 1.41. The van der Waals surface area contributed by atoms with E-state index in [0.717, 1.165) is 16.9 Å². The number of benzene rings is 1. The van der Waals surface area contributed by atoms with Gasteiger partial charge in [-0.15, -0.1) is 21.5 Å². The predicted octanol–water partition coefficient (Wildman–Crippen LogP) is 4.70. The van der Waals surface area contributed by atoms with Crippen LogP contribution in [0.2, 0.25) is 0 Å². The van der Waals surface area contributed by atoms with Crippen molar-refractivity contribution in [2.24, 2.45) is 0 Å². The van der Waals surface area contributed by atoms with E-state index in [9.17, 15) is 0 Å². The van der Waals surface area contributed by atoms with Crippen LogP contribution in [0.5, 0.6) is 0 Å². The number of hydrogen-bond donors (Lipinski definition) is 0. The maximum absolute atomic E-state index is 5.63. The van der Waals surface area contributed by atoms with E-state index in [1.165, 1.54) is 17.3 Å². The number of thiophene rings is 1. The van der Waals surface area contributed by atoms with Crippen molar-refractivity contribution in [3.05, 3.63) is 53.2 Å². The van der Waals surface area contributed by atoms with Gasteiger partial charge in [0.05, 0.1) is 10.6 Å². The normalized spacial score (nSPS) is 11.1. The molecule has 0 saturated heterocycles. The zero-order valence-corrected chi connectivity index (χ0v) is 15.0. The molecule has 4 aromatic rings. The predicted molar refractivity (Wildman–Crippen MR) is 96.3 cm³/mol. The highest BCUT2D eigenvalue weighted by Crippen LogP contribution is 2.28. The van der Waals surface area contributed by atoms with E-state index in [-0.39, 0.29) is 0 Å². The summed E-state index contributed by atoms with van der Waals surface area (Å²) < 4.78 is 10.9. The first-order valence-corrected chi connectivity index (χ1v) is 9.60. The molecule has 0 bridgehead atoms. The molecule has 0 amide bonds. The first-order valence-electron chi connectivity index (χ1n) is 7.74. The lowest BCUT2D eigenvalue weighted by Crippen LogP contribution is -1.84. The van der Waals surface area contributed by atoms with Crippen molar-refractivity contribution in [1.82, 2.24) is 20.3 Å². The molecule has 0 N–H and O–H groups in total. The van der Waals surface area contributed by atoms with E-state index in [1.807, 2.05) is 29.6 Å².